The second-order valence-corrected chi connectivity index (χ2v) is 9.17. The van der Waals surface area contributed by atoms with Gasteiger partial charge in [0.1, 0.15) is 5.82 Å². The van der Waals surface area contributed by atoms with Gasteiger partial charge >= 0.3 is 0 Å². The minimum Gasteiger partial charge on any atom is -0.369 e. The van der Waals surface area contributed by atoms with Gasteiger partial charge in [0.05, 0.1) is 11.7 Å². The Balaban J connectivity index is 1.50. The third kappa shape index (κ3) is 4.73. The van der Waals surface area contributed by atoms with E-state index in [0.29, 0.717) is 24.7 Å². The number of hydrogen-bond acceptors (Lipinski definition) is 6. The number of nitrogens with two attached hydrogens (primary N) is 1. The summed E-state index contributed by atoms with van der Waals surface area (Å²) >= 11 is 3.06. The molecule has 2 aromatic heterocycles. The Bertz CT molecular complexity index is 1000. The first-order chi connectivity index (χ1) is 14.6. The lowest BCUT2D eigenvalue weighted by atomic mass is 9.97. The van der Waals surface area contributed by atoms with Crippen molar-refractivity contribution >= 4 is 34.9 Å². The second-order valence-electron chi connectivity index (χ2n) is 7.20. The Morgan fingerprint density at radius 1 is 1.17 bits per heavy atom. The zero-order chi connectivity index (χ0) is 20.9. The molecule has 1 aliphatic rings. The maximum absolute atomic E-state index is 12.7. The number of carbonyl (C=O) groups excluding carboxylic acids is 2. The van der Waals surface area contributed by atoms with E-state index in [1.807, 2.05) is 46.3 Å². The van der Waals surface area contributed by atoms with Crippen molar-refractivity contribution in [3.05, 3.63) is 58.5 Å². The van der Waals surface area contributed by atoms with Crippen LogP contribution in [0.2, 0.25) is 0 Å². The summed E-state index contributed by atoms with van der Waals surface area (Å²) in [5.74, 6) is 0.495. The molecular formula is C21H23N5O2S2. The summed E-state index contributed by atoms with van der Waals surface area (Å²) in [6.45, 7) is 1.07. The number of piperidine rings is 1. The van der Waals surface area contributed by atoms with Gasteiger partial charge in [0.15, 0.2) is 5.16 Å². The highest BCUT2D eigenvalue weighted by Crippen LogP contribution is 2.25. The fraction of sp³-hybridized carbons (Fsp3) is 0.333. The van der Waals surface area contributed by atoms with Crippen molar-refractivity contribution in [2.24, 2.45) is 11.7 Å². The fourth-order valence-electron chi connectivity index (χ4n) is 3.57. The van der Waals surface area contributed by atoms with E-state index in [-0.39, 0.29) is 23.5 Å². The maximum atomic E-state index is 12.7. The summed E-state index contributed by atoms with van der Waals surface area (Å²) in [5.41, 5.74) is 6.40. The van der Waals surface area contributed by atoms with Crippen LogP contribution in [0.3, 0.4) is 0 Å². The molecule has 3 heterocycles. The molecule has 1 atom stereocenters. The first-order valence-electron chi connectivity index (χ1n) is 9.84. The van der Waals surface area contributed by atoms with Crippen molar-refractivity contribution < 1.29 is 9.59 Å². The summed E-state index contributed by atoms with van der Waals surface area (Å²) < 4.78 is 2.01. The van der Waals surface area contributed by atoms with Crippen molar-refractivity contribution in [3.63, 3.8) is 0 Å². The number of thiophene rings is 1. The summed E-state index contributed by atoms with van der Waals surface area (Å²) in [6.07, 6.45) is 2.23. The Labute approximate surface area is 183 Å². The number of para-hydroxylation sites is 1. The highest BCUT2D eigenvalue weighted by molar-refractivity contribution is 7.99. The lowest BCUT2D eigenvalue weighted by Crippen LogP contribution is -2.44. The molecule has 4 rings (SSSR count). The molecule has 0 saturated carbocycles. The van der Waals surface area contributed by atoms with Gasteiger partial charge in [0, 0.05) is 30.1 Å². The smallest absolute Gasteiger partial charge is 0.233 e. The van der Waals surface area contributed by atoms with E-state index >= 15 is 0 Å². The molecule has 1 fully saturated rings. The van der Waals surface area contributed by atoms with Crippen LogP contribution in [0.15, 0.2) is 53.0 Å². The lowest BCUT2D eigenvalue weighted by Gasteiger charge is -2.31. The molecule has 1 saturated heterocycles. The molecule has 0 spiro atoms. The van der Waals surface area contributed by atoms with E-state index in [4.69, 9.17) is 5.73 Å². The molecule has 30 heavy (non-hydrogen) atoms. The summed E-state index contributed by atoms with van der Waals surface area (Å²) in [5, 5.41) is 11.5. The minimum atomic E-state index is -0.331. The van der Waals surface area contributed by atoms with Crippen LogP contribution in [0, 0.1) is 5.92 Å². The predicted molar refractivity (Wildman–Crippen MR) is 118 cm³/mol. The largest absolute Gasteiger partial charge is 0.369 e. The zero-order valence-electron chi connectivity index (χ0n) is 16.4. The number of primary amides is 1. The number of nitrogens with zero attached hydrogens (tertiary/aromatic N) is 4. The van der Waals surface area contributed by atoms with E-state index in [9.17, 15) is 9.59 Å². The monoisotopic (exact) mass is 441 g/mol. The van der Waals surface area contributed by atoms with Crippen LogP contribution < -0.4 is 5.73 Å². The van der Waals surface area contributed by atoms with Crippen molar-refractivity contribution in [2.45, 2.75) is 24.4 Å². The molecule has 0 unspecified atom stereocenters. The van der Waals surface area contributed by atoms with Gasteiger partial charge in [-0.15, -0.1) is 21.5 Å². The Kier molecular flexibility index (Phi) is 6.49. The van der Waals surface area contributed by atoms with E-state index in [2.05, 4.69) is 16.3 Å². The van der Waals surface area contributed by atoms with Crippen LogP contribution in [0.5, 0.6) is 0 Å². The van der Waals surface area contributed by atoms with Crippen LogP contribution in [0.4, 0.5) is 0 Å². The Morgan fingerprint density at radius 3 is 2.73 bits per heavy atom. The third-order valence-corrected chi connectivity index (χ3v) is 6.92. The van der Waals surface area contributed by atoms with E-state index < -0.39 is 0 Å². The molecule has 0 bridgehead atoms. The van der Waals surface area contributed by atoms with Crippen molar-refractivity contribution in [3.8, 4) is 5.69 Å². The number of hydrogen-bond donors (Lipinski definition) is 1. The van der Waals surface area contributed by atoms with Crippen LogP contribution in [0.25, 0.3) is 5.69 Å². The molecule has 156 valence electrons. The summed E-state index contributed by atoms with van der Waals surface area (Å²) in [6, 6.07) is 14.0. The van der Waals surface area contributed by atoms with Crippen LogP contribution in [0.1, 0.15) is 23.5 Å². The number of rotatable bonds is 7. The topological polar surface area (TPSA) is 94.1 Å². The average Bonchev–Trinajstić information content (AvgIpc) is 3.43. The zero-order valence-corrected chi connectivity index (χ0v) is 18.1. The highest BCUT2D eigenvalue weighted by atomic mass is 32.2. The predicted octanol–water partition coefficient (Wildman–Crippen LogP) is 2.74. The molecule has 0 aliphatic carbocycles. The number of carbonyl (C=O) groups is 2. The van der Waals surface area contributed by atoms with E-state index in [1.165, 1.54) is 16.6 Å². The second kappa shape index (κ2) is 9.44. The molecule has 7 nitrogen and oxygen atoms in total. The normalized spacial score (nSPS) is 16.5. The first-order valence-corrected chi connectivity index (χ1v) is 11.7. The van der Waals surface area contributed by atoms with Gasteiger partial charge in [-0.25, -0.2) is 0 Å². The van der Waals surface area contributed by atoms with E-state index in [1.54, 1.807) is 16.2 Å². The molecule has 1 aromatic carbocycles. The van der Waals surface area contributed by atoms with Gasteiger partial charge in [-0.05, 0) is 36.4 Å². The Morgan fingerprint density at radius 2 is 2.00 bits per heavy atom. The third-order valence-electron chi connectivity index (χ3n) is 5.13. The van der Waals surface area contributed by atoms with Gasteiger partial charge in [-0.1, -0.05) is 36.0 Å². The molecule has 9 heteroatoms. The number of aromatic nitrogens is 3. The van der Waals surface area contributed by atoms with Gasteiger partial charge in [-0.2, -0.15) is 0 Å². The van der Waals surface area contributed by atoms with Crippen molar-refractivity contribution in [1.82, 2.24) is 19.7 Å². The number of benzene rings is 1. The van der Waals surface area contributed by atoms with E-state index in [0.717, 1.165) is 24.4 Å². The maximum Gasteiger partial charge on any atom is 0.233 e. The van der Waals surface area contributed by atoms with Crippen LogP contribution in [-0.2, 0) is 16.0 Å². The highest BCUT2D eigenvalue weighted by Gasteiger charge is 2.27. The van der Waals surface area contributed by atoms with Gasteiger partial charge in [0.2, 0.25) is 11.8 Å². The standard InChI is InChI=1S/C21H23N5O2S2/c22-20(28)15-6-4-10-25(13-15)19(27)14-30-21-24-23-18(12-17-9-5-11-29-17)26(21)16-7-2-1-3-8-16/h1-3,5,7-9,11,15H,4,6,10,12-14H2,(H2,22,28)/t15-/m0/s1. The van der Waals surface area contributed by atoms with Gasteiger partial charge < -0.3 is 10.6 Å². The lowest BCUT2D eigenvalue weighted by molar-refractivity contribution is -0.132. The molecular weight excluding hydrogens is 418 g/mol. The fourth-order valence-corrected chi connectivity index (χ4v) is 5.14. The van der Waals surface area contributed by atoms with Gasteiger partial charge in [-0.3, -0.25) is 14.2 Å². The summed E-state index contributed by atoms with van der Waals surface area (Å²) in [4.78, 5) is 27.2. The van der Waals surface area contributed by atoms with Crippen LogP contribution >= 0.6 is 23.1 Å². The van der Waals surface area contributed by atoms with Crippen LogP contribution in [-0.4, -0.2) is 50.3 Å². The average molecular weight is 442 g/mol. The van der Waals surface area contributed by atoms with Crippen molar-refractivity contribution in [2.75, 3.05) is 18.8 Å². The Hall–Kier alpha value is -2.65. The molecule has 3 aromatic rings. The number of thioether (sulfide) groups is 1. The summed E-state index contributed by atoms with van der Waals surface area (Å²) in [7, 11) is 0. The first kappa shape index (κ1) is 20.6. The molecule has 2 amide bonds. The SMILES string of the molecule is NC(=O)[C@H]1CCCN(C(=O)CSc2nnc(Cc3cccs3)n2-c2ccccc2)C1. The number of amides is 2. The molecule has 1 aliphatic heterocycles. The minimum absolute atomic E-state index is 0.00614. The van der Waals surface area contributed by atoms with Gasteiger partial charge in [0.25, 0.3) is 0 Å². The molecule has 0 radical (unpaired) electrons. The number of likely N-dealkylation sites (tertiary alicyclic amines) is 1. The quantitative estimate of drug-likeness (QED) is 0.569. The molecule has 2 N–H and O–H groups in total. The van der Waals surface area contributed by atoms with Crippen molar-refractivity contribution in [1.29, 1.82) is 0 Å².